The first-order valence-electron chi connectivity index (χ1n) is 8.61. The fourth-order valence-electron chi connectivity index (χ4n) is 2.68. The Balaban J connectivity index is 1.77. The van der Waals surface area contributed by atoms with Gasteiger partial charge >= 0.3 is 6.18 Å². The summed E-state index contributed by atoms with van der Waals surface area (Å²) in [6, 6.07) is 11.5. The molecule has 0 saturated carbocycles. The molecule has 0 spiro atoms. The first kappa shape index (κ1) is 20.9. The maximum Gasteiger partial charge on any atom is 0.417 e. The fraction of sp³-hybridized carbons (Fsp3) is 0.150. The van der Waals surface area contributed by atoms with E-state index in [1.807, 2.05) is 0 Å². The summed E-state index contributed by atoms with van der Waals surface area (Å²) in [5, 5.41) is 10.3. The van der Waals surface area contributed by atoms with Gasteiger partial charge in [-0.15, -0.1) is 0 Å². The van der Waals surface area contributed by atoms with Crippen molar-refractivity contribution >= 4 is 12.1 Å². The Morgan fingerprint density at radius 2 is 1.90 bits per heavy atom. The molecule has 7 nitrogen and oxygen atoms in total. The Morgan fingerprint density at radius 3 is 2.60 bits per heavy atom. The minimum Gasteiger partial charge on any atom is -0.497 e. The molecule has 1 aromatic heterocycles. The molecule has 0 atom stereocenters. The third-order valence-corrected chi connectivity index (χ3v) is 4.14. The lowest BCUT2D eigenvalue weighted by Crippen LogP contribution is -2.18. The van der Waals surface area contributed by atoms with Crippen LogP contribution in [0.2, 0.25) is 0 Å². The van der Waals surface area contributed by atoms with Crippen LogP contribution in [0.25, 0.3) is 11.3 Å². The molecule has 10 heteroatoms. The first-order chi connectivity index (χ1) is 14.3. The molecule has 0 aliphatic rings. The maximum absolute atomic E-state index is 13.0. The van der Waals surface area contributed by atoms with E-state index in [9.17, 15) is 18.0 Å². The summed E-state index contributed by atoms with van der Waals surface area (Å²) in [7, 11) is 3.02. The van der Waals surface area contributed by atoms with Gasteiger partial charge in [-0.3, -0.25) is 9.89 Å². The minimum atomic E-state index is -4.53. The van der Waals surface area contributed by atoms with Crippen molar-refractivity contribution in [3.05, 3.63) is 65.4 Å². The van der Waals surface area contributed by atoms with E-state index in [0.717, 1.165) is 12.3 Å². The SMILES string of the molecule is COc1ccc(OC)c(-c2cc(C(=O)NN=Cc3ccccc3C(F)(F)F)[nH]n2)c1. The number of rotatable bonds is 6. The van der Waals surface area contributed by atoms with Crippen molar-refractivity contribution in [1.82, 2.24) is 15.6 Å². The Hall–Kier alpha value is -3.82. The molecule has 2 aromatic carbocycles. The topological polar surface area (TPSA) is 88.6 Å². The Bertz CT molecular complexity index is 1080. The van der Waals surface area contributed by atoms with Crippen LogP contribution in [0.4, 0.5) is 13.2 Å². The van der Waals surface area contributed by atoms with Crippen molar-refractivity contribution in [2.24, 2.45) is 5.10 Å². The number of hydrazone groups is 1. The molecule has 0 saturated heterocycles. The highest BCUT2D eigenvalue weighted by Crippen LogP contribution is 2.33. The van der Waals surface area contributed by atoms with Crippen molar-refractivity contribution < 1.29 is 27.4 Å². The van der Waals surface area contributed by atoms with Crippen molar-refractivity contribution in [2.45, 2.75) is 6.18 Å². The van der Waals surface area contributed by atoms with Gasteiger partial charge in [0.15, 0.2) is 0 Å². The zero-order chi connectivity index (χ0) is 21.7. The number of ether oxygens (including phenoxy) is 2. The third kappa shape index (κ3) is 4.59. The monoisotopic (exact) mass is 418 g/mol. The molecule has 0 aliphatic carbocycles. The predicted octanol–water partition coefficient (Wildman–Crippen LogP) is 3.88. The molecule has 30 heavy (non-hydrogen) atoms. The lowest BCUT2D eigenvalue weighted by atomic mass is 10.1. The van der Waals surface area contributed by atoms with Crippen LogP contribution in [-0.4, -0.2) is 36.5 Å². The van der Waals surface area contributed by atoms with Crippen LogP contribution in [0.15, 0.2) is 53.6 Å². The standard InChI is InChI=1S/C20H17F3N4O3/c1-29-13-7-8-18(30-2)14(9-13)16-10-17(26-25-16)19(28)27-24-11-12-5-3-4-6-15(12)20(21,22)23/h3-11H,1-2H3,(H,25,26)(H,27,28). The second-order valence-corrected chi connectivity index (χ2v) is 6.02. The highest BCUT2D eigenvalue weighted by molar-refractivity contribution is 5.94. The summed E-state index contributed by atoms with van der Waals surface area (Å²) in [5.74, 6) is 0.431. The molecule has 0 radical (unpaired) electrons. The van der Waals surface area contributed by atoms with Gasteiger partial charge in [-0.2, -0.15) is 23.4 Å². The average Bonchev–Trinajstić information content (AvgIpc) is 3.23. The normalized spacial score (nSPS) is 11.5. The molecule has 0 bridgehead atoms. The Kier molecular flexibility index (Phi) is 6.05. The summed E-state index contributed by atoms with van der Waals surface area (Å²) in [6.07, 6.45) is -3.59. The second-order valence-electron chi connectivity index (χ2n) is 6.02. The minimum absolute atomic E-state index is 0.0659. The molecule has 0 aliphatic heterocycles. The predicted molar refractivity (Wildman–Crippen MR) is 104 cm³/mol. The number of carbonyl (C=O) groups is 1. The number of methoxy groups -OCH3 is 2. The smallest absolute Gasteiger partial charge is 0.417 e. The van der Waals surface area contributed by atoms with Gasteiger partial charge < -0.3 is 9.47 Å². The lowest BCUT2D eigenvalue weighted by molar-refractivity contribution is -0.137. The van der Waals surface area contributed by atoms with Gasteiger partial charge in [0.2, 0.25) is 0 Å². The number of nitrogens with zero attached hydrogens (tertiary/aromatic N) is 2. The van der Waals surface area contributed by atoms with Crippen molar-refractivity contribution in [2.75, 3.05) is 14.2 Å². The number of hydrogen-bond donors (Lipinski definition) is 2. The van der Waals surface area contributed by atoms with E-state index >= 15 is 0 Å². The number of alkyl halides is 3. The molecular weight excluding hydrogens is 401 g/mol. The fourth-order valence-corrected chi connectivity index (χ4v) is 2.68. The third-order valence-electron chi connectivity index (χ3n) is 4.14. The average molecular weight is 418 g/mol. The second kappa shape index (κ2) is 8.68. The van der Waals surface area contributed by atoms with Gasteiger partial charge in [-0.25, -0.2) is 5.43 Å². The summed E-state index contributed by atoms with van der Waals surface area (Å²) in [4.78, 5) is 12.3. The lowest BCUT2D eigenvalue weighted by Gasteiger charge is -2.09. The number of aromatic nitrogens is 2. The van der Waals surface area contributed by atoms with Gasteiger partial charge in [-0.1, -0.05) is 18.2 Å². The summed E-state index contributed by atoms with van der Waals surface area (Å²) < 4.78 is 49.5. The van der Waals surface area contributed by atoms with E-state index in [2.05, 4.69) is 20.7 Å². The number of amides is 1. The van der Waals surface area contributed by atoms with Crippen LogP contribution < -0.4 is 14.9 Å². The summed E-state index contributed by atoms with van der Waals surface area (Å²) in [5.41, 5.74) is 2.24. The number of carbonyl (C=O) groups excluding carboxylic acids is 1. The maximum atomic E-state index is 13.0. The number of halogens is 3. The van der Waals surface area contributed by atoms with E-state index in [0.29, 0.717) is 22.8 Å². The molecule has 1 heterocycles. The van der Waals surface area contributed by atoms with E-state index < -0.39 is 17.6 Å². The molecule has 0 unspecified atom stereocenters. The van der Waals surface area contributed by atoms with E-state index in [1.54, 1.807) is 18.2 Å². The Labute approximate surface area is 169 Å². The number of benzene rings is 2. The van der Waals surface area contributed by atoms with Crippen LogP contribution in [0, 0.1) is 0 Å². The van der Waals surface area contributed by atoms with Crippen LogP contribution in [0.5, 0.6) is 11.5 Å². The summed E-state index contributed by atoms with van der Waals surface area (Å²) in [6.45, 7) is 0. The van der Waals surface area contributed by atoms with E-state index in [-0.39, 0.29) is 11.3 Å². The quantitative estimate of drug-likeness (QED) is 0.470. The van der Waals surface area contributed by atoms with Crippen molar-refractivity contribution in [3.8, 4) is 22.8 Å². The molecule has 3 rings (SSSR count). The molecule has 0 fully saturated rings. The van der Waals surface area contributed by atoms with Crippen LogP contribution in [0.3, 0.4) is 0 Å². The van der Waals surface area contributed by atoms with Gasteiger partial charge in [0, 0.05) is 11.1 Å². The van der Waals surface area contributed by atoms with Crippen molar-refractivity contribution in [1.29, 1.82) is 0 Å². The number of H-pyrrole nitrogens is 1. The van der Waals surface area contributed by atoms with E-state index in [1.165, 1.54) is 38.5 Å². The van der Waals surface area contributed by atoms with E-state index in [4.69, 9.17) is 9.47 Å². The van der Waals surface area contributed by atoms with Gasteiger partial charge in [0.1, 0.15) is 17.2 Å². The zero-order valence-electron chi connectivity index (χ0n) is 15.9. The number of nitrogens with one attached hydrogen (secondary N) is 2. The van der Waals surface area contributed by atoms with Crippen molar-refractivity contribution in [3.63, 3.8) is 0 Å². The van der Waals surface area contributed by atoms with Crippen LogP contribution in [-0.2, 0) is 6.18 Å². The molecule has 1 amide bonds. The van der Waals surface area contributed by atoms with Gasteiger partial charge in [0.05, 0.1) is 31.7 Å². The molecule has 3 aromatic rings. The van der Waals surface area contributed by atoms with Crippen LogP contribution in [0.1, 0.15) is 21.6 Å². The molecule has 156 valence electrons. The molecular formula is C20H17F3N4O3. The van der Waals surface area contributed by atoms with Gasteiger partial charge in [0.25, 0.3) is 5.91 Å². The highest BCUT2D eigenvalue weighted by atomic mass is 19.4. The molecule has 2 N–H and O–H groups in total. The zero-order valence-corrected chi connectivity index (χ0v) is 15.9. The van der Waals surface area contributed by atoms with Gasteiger partial charge in [-0.05, 0) is 30.3 Å². The van der Waals surface area contributed by atoms with Crippen LogP contribution >= 0.6 is 0 Å². The Morgan fingerprint density at radius 1 is 1.13 bits per heavy atom. The largest absolute Gasteiger partial charge is 0.497 e. The first-order valence-corrected chi connectivity index (χ1v) is 8.61. The summed E-state index contributed by atoms with van der Waals surface area (Å²) >= 11 is 0. The number of hydrogen-bond acceptors (Lipinski definition) is 5. The highest BCUT2D eigenvalue weighted by Gasteiger charge is 2.32. The number of aromatic amines is 1.